The van der Waals surface area contributed by atoms with Crippen molar-refractivity contribution >= 4 is 17.5 Å². The summed E-state index contributed by atoms with van der Waals surface area (Å²) >= 11 is 6.20. The first-order valence-electron chi connectivity index (χ1n) is 9.72. The molecule has 1 heterocycles. The fourth-order valence-electron chi connectivity index (χ4n) is 3.88. The van der Waals surface area contributed by atoms with Crippen LogP contribution >= 0.6 is 11.6 Å². The molecule has 0 saturated carbocycles. The molecule has 1 amide bonds. The minimum absolute atomic E-state index is 0.0226. The molecule has 29 heavy (non-hydrogen) atoms. The van der Waals surface area contributed by atoms with Crippen LogP contribution in [0.25, 0.3) is 0 Å². The van der Waals surface area contributed by atoms with Crippen LogP contribution in [0.2, 0.25) is 5.02 Å². The second kappa shape index (κ2) is 8.76. The van der Waals surface area contributed by atoms with Crippen LogP contribution < -0.4 is 0 Å². The summed E-state index contributed by atoms with van der Waals surface area (Å²) in [5.74, 6) is -0.274. The summed E-state index contributed by atoms with van der Waals surface area (Å²) in [5, 5.41) is 0.480. The fourth-order valence-corrected chi connectivity index (χ4v) is 4.10. The van der Waals surface area contributed by atoms with Gasteiger partial charge in [-0.05, 0) is 35.4 Å². The predicted octanol–water partition coefficient (Wildman–Crippen LogP) is 5.03. The molecule has 0 radical (unpaired) electrons. The summed E-state index contributed by atoms with van der Waals surface area (Å²) in [5.41, 5.74) is 2.74. The fraction of sp³-hybridized carbons (Fsp3) is 0.208. The zero-order valence-corrected chi connectivity index (χ0v) is 16.7. The maximum atomic E-state index is 13.5. The lowest BCUT2D eigenvalue weighted by molar-refractivity contribution is 0.0597. The van der Waals surface area contributed by atoms with Crippen molar-refractivity contribution in [3.05, 3.63) is 106 Å². The molecule has 1 aliphatic heterocycles. The third kappa shape index (κ3) is 4.34. The molecule has 1 aliphatic rings. The molecule has 3 nitrogen and oxygen atoms in total. The Morgan fingerprint density at radius 3 is 2.03 bits per heavy atom. The van der Waals surface area contributed by atoms with Crippen LogP contribution in [0, 0.1) is 5.82 Å². The zero-order chi connectivity index (χ0) is 20.2. The molecule has 4 rings (SSSR count). The van der Waals surface area contributed by atoms with Gasteiger partial charge in [0, 0.05) is 26.2 Å². The monoisotopic (exact) mass is 408 g/mol. The third-order valence-corrected chi connectivity index (χ3v) is 5.70. The predicted molar refractivity (Wildman–Crippen MR) is 114 cm³/mol. The summed E-state index contributed by atoms with van der Waals surface area (Å²) in [6.07, 6.45) is 0. The summed E-state index contributed by atoms with van der Waals surface area (Å²) in [6.45, 7) is 2.70. The van der Waals surface area contributed by atoms with Crippen LogP contribution in [0.5, 0.6) is 0 Å². The van der Waals surface area contributed by atoms with E-state index in [1.165, 1.54) is 12.1 Å². The zero-order valence-electron chi connectivity index (χ0n) is 16.0. The lowest BCUT2D eigenvalue weighted by Crippen LogP contribution is -2.49. The molecule has 1 saturated heterocycles. The Balaban J connectivity index is 1.53. The van der Waals surface area contributed by atoms with Crippen LogP contribution in [-0.2, 0) is 0 Å². The number of carbonyl (C=O) groups excluding carboxylic acids is 1. The van der Waals surface area contributed by atoms with Gasteiger partial charge in [-0.25, -0.2) is 4.39 Å². The number of hydrogen-bond acceptors (Lipinski definition) is 2. The van der Waals surface area contributed by atoms with Crippen molar-refractivity contribution in [3.8, 4) is 0 Å². The number of piperazine rings is 1. The molecule has 0 N–H and O–H groups in total. The maximum Gasteiger partial charge on any atom is 0.255 e. The van der Waals surface area contributed by atoms with Gasteiger partial charge in [-0.3, -0.25) is 9.69 Å². The average molecular weight is 409 g/mol. The number of nitrogens with zero attached hydrogens (tertiary/aromatic N) is 2. The first-order valence-corrected chi connectivity index (χ1v) is 10.1. The van der Waals surface area contributed by atoms with E-state index in [-0.39, 0.29) is 17.8 Å². The lowest BCUT2D eigenvalue weighted by atomic mass is 9.96. The minimum atomic E-state index is -0.240. The van der Waals surface area contributed by atoms with Crippen LogP contribution in [0.4, 0.5) is 4.39 Å². The second-order valence-electron chi connectivity index (χ2n) is 7.17. The van der Waals surface area contributed by atoms with Crippen LogP contribution in [0.3, 0.4) is 0 Å². The van der Waals surface area contributed by atoms with Crippen LogP contribution in [0.1, 0.15) is 27.5 Å². The molecular weight excluding hydrogens is 387 g/mol. The summed E-state index contributed by atoms with van der Waals surface area (Å²) in [6, 6.07) is 24.1. The molecule has 1 atom stereocenters. The molecule has 3 aromatic rings. The molecule has 0 unspecified atom stereocenters. The van der Waals surface area contributed by atoms with E-state index in [9.17, 15) is 9.18 Å². The van der Waals surface area contributed by atoms with E-state index >= 15 is 0 Å². The molecular formula is C24H22ClFN2O. The molecule has 5 heteroatoms. The Morgan fingerprint density at radius 1 is 0.793 bits per heavy atom. The van der Waals surface area contributed by atoms with Crippen molar-refractivity contribution in [3.63, 3.8) is 0 Å². The Hall–Kier alpha value is -2.69. The average Bonchev–Trinajstić information content (AvgIpc) is 2.76. The van der Waals surface area contributed by atoms with Crippen molar-refractivity contribution in [1.29, 1.82) is 0 Å². The van der Waals surface area contributed by atoms with E-state index in [2.05, 4.69) is 17.0 Å². The van der Waals surface area contributed by atoms with Gasteiger partial charge >= 0.3 is 0 Å². The molecule has 0 bridgehead atoms. The van der Waals surface area contributed by atoms with E-state index in [1.54, 1.807) is 12.1 Å². The topological polar surface area (TPSA) is 23.6 Å². The Morgan fingerprint density at radius 2 is 1.38 bits per heavy atom. The molecule has 3 aromatic carbocycles. The van der Waals surface area contributed by atoms with Gasteiger partial charge in [0.1, 0.15) is 5.82 Å². The molecule has 148 valence electrons. The highest BCUT2D eigenvalue weighted by atomic mass is 35.5. The van der Waals surface area contributed by atoms with Crippen molar-refractivity contribution in [2.45, 2.75) is 6.04 Å². The minimum Gasteiger partial charge on any atom is -0.336 e. The molecule has 0 aromatic heterocycles. The smallest absolute Gasteiger partial charge is 0.255 e. The van der Waals surface area contributed by atoms with Gasteiger partial charge < -0.3 is 4.90 Å². The van der Waals surface area contributed by atoms with Crippen LogP contribution in [-0.4, -0.2) is 41.9 Å². The van der Waals surface area contributed by atoms with Crippen LogP contribution in [0.15, 0.2) is 78.9 Å². The van der Waals surface area contributed by atoms with Gasteiger partial charge in [0.15, 0.2) is 0 Å². The largest absolute Gasteiger partial charge is 0.336 e. The Labute approximate surface area is 175 Å². The Kier molecular flexibility index (Phi) is 5.93. The van der Waals surface area contributed by atoms with Crippen molar-refractivity contribution in [1.82, 2.24) is 9.80 Å². The standard InChI is InChI=1S/C24H22ClFN2O/c25-22-9-5-4-8-21(22)24(29)28-16-14-27(15-17-28)23(18-6-2-1-3-7-18)19-10-12-20(26)13-11-19/h1-13,23H,14-17H2/t23-/m1/s1. The number of rotatable bonds is 4. The van der Waals surface area contributed by atoms with E-state index in [0.29, 0.717) is 23.7 Å². The number of hydrogen-bond donors (Lipinski definition) is 0. The highest BCUT2D eigenvalue weighted by molar-refractivity contribution is 6.33. The van der Waals surface area contributed by atoms with Crippen molar-refractivity contribution in [2.24, 2.45) is 0 Å². The molecule has 0 spiro atoms. The highest BCUT2D eigenvalue weighted by Gasteiger charge is 2.29. The van der Waals surface area contributed by atoms with Crippen molar-refractivity contribution in [2.75, 3.05) is 26.2 Å². The summed E-state index contributed by atoms with van der Waals surface area (Å²) < 4.78 is 13.5. The second-order valence-corrected chi connectivity index (χ2v) is 7.58. The van der Waals surface area contributed by atoms with Gasteiger partial charge in [0.05, 0.1) is 16.6 Å². The van der Waals surface area contributed by atoms with Gasteiger partial charge in [0.2, 0.25) is 0 Å². The van der Waals surface area contributed by atoms with E-state index in [0.717, 1.165) is 24.2 Å². The normalized spacial score (nSPS) is 15.9. The highest BCUT2D eigenvalue weighted by Crippen LogP contribution is 2.30. The Bertz CT molecular complexity index is 970. The summed E-state index contributed by atoms with van der Waals surface area (Å²) in [4.78, 5) is 17.1. The third-order valence-electron chi connectivity index (χ3n) is 5.37. The number of amides is 1. The summed E-state index contributed by atoms with van der Waals surface area (Å²) in [7, 11) is 0. The van der Waals surface area contributed by atoms with E-state index in [1.807, 2.05) is 47.4 Å². The maximum absolute atomic E-state index is 13.5. The lowest BCUT2D eigenvalue weighted by Gasteiger charge is -2.40. The number of halogens is 2. The quantitative estimate of drug-likeness (QED) is 0.604. The van der Waals surface area contributed by atoms with Gasteiger partial charge in [-0.15, -0.1) is 0 Å². The van der Waals surface area contributed by atoms with E-state index in [4.69, 9.17) is 11.6 Å². The SMILES string of the molecule is O=C(c1ccccc1Cl)N1CCN([C@H](c2ccccc2)c2ccc(F)cc2)CC1. The number of benzene rings is 3. The van der Waals surface area contributed by atoms with E-state index < -0.39 is 0 Å². The molecule has 0 aliphatic carbocycles. The first kappa shape index (κ1) is 19.6. The first-order chi connectivity index (χ1) is 14.1. The molecule has 1 fully saturated rings. The van der Waals surface area contributed by atoms with Gasteiger partial charge in [-0.2, -0.15) is 0 Å². The van der Waals surface area contributed by atoms with Gasteiger partial charge in [-0.1, -0.05) is 66.2 Å². The van der Waals surface area contributed by atoms with Crippen molar-refractivity contribution < 1.29 is 9.18 Å². The van der Waals surface area contributed by atoms with Gasteiger partial charge in [0.25, 0.3) is 5.91 Å². The number of carbonyl (C=O) groups is 1.